The highest BCUT2D eigenvalue weighted by molar-refractivity contribution is 6.31. The lowest BCUT2D eigenvalue weighted by Gasteiger charge is -2.07. The van der Waals surface area contributed by atoms with Gasteiger partial charge in [0.05, 0.1) is 12.4 Å². The maximum absolute atomic E-state index is 11.8. The molecule has 0 bridgehead atoms. The highest BCUT2D eigenvalue weighted by atomic mass is 35.5. The summed E-state index contributed by atoms with van der Waals surface area (Å²) in [5.41, 5.74) is 2.17. The first-order valence-electron chi connectivity index (χ1n) is 6.78. The third-order valence-electron chi connectivity index (χ3n) is 3.24. The number of carbonyl (C=O) groups excluding carboxylic acids is 1. The van der Waals surface area contributed by atoms with E-state index in [2.05, 4.69) is 20.6 Å². The van der Waals surface area contributed by atoms with Gasteiger partial charge in [0.25, 0.3) is 5.91 Å². The molecule has 1 heterocycles. The van der Waals surface area contributed by atoms with Crippen LogP contribution in [0, 0.1) is 6.92 Å². The molecule has 2 N–H and O–H groups in total. The van der Waals surface area contributed by atoms with Gasteiger partial charge in [-0.2, -0.15) is 0 Å². The number of benzene rings is 1. The van der Waals surface area contributed by atoms with E-state index in [-0.39, 0.29) is 5.91 Å². The monoisotopic (exact) mass is 302 g/mol. The molecule has 1 aromatic carbocycles. The average molecular weight is 303 g/mol. The van der Waals surface area contributed by atoms with Crippen molar-refractivity contribution in [3.8, 4) is 0 Å². The van der Waals surface area contributed by atoms with Crippen LogP contribution < -0.4 is 10.6 Å². The van der Waals surface area contributed by atoms with Gasteiger partial charge in [0, 0.05) is 16.8 Å². The molecule has 5 nitrogen and oxygen atoms in total. The minimum Gasteiger partial charge on any atom is -0.348 e. The summed E-state index contributed by atoms with van der Waals surface area (Å²) in [4.78, 5) is 20.1. The van der Waals surface area contributed by atoms with Gasteiger partial charge < -0.3 is 10.6 Å². The van der Waals surface area contributed by atoms with Crippen LogP contribution in [-0.4, -0.2) is 21.9 Å². The van der Waals surface area contributed by atoms with Gasteiger partial charge in [-0.05, 0) is 37.5 Å². The number of anilines is 2. The van der Waals surface area contributed by atoms with E-state index in [1.165, 1.54) is 12.4 Å². The van der Waals surface area contributed by atoms with Gasteiger partial charge in [0.15, 0.2) is 0 Å². The van der Waals surface area contributed by atoms with Crippen LogP contribution in [0.25, 0.3) is 0 Å². The fraction of sp³-hybridized carbons (Fsp3) is 0.267. The molecule has 0 saturated heterocycles. The van der Waals surface area contributed by atoms with Crippen molar-refractivity contribution in [2.45, 2.75) is 25.8 Å². The first-order valence-corrected chi connectivity index (χ1v) is 7.16. The van der Waals surface area contributed by atoms with E-state index in [9.17, 15) is 4.79 Å². The molecule has 2 aromatic rings. The van der Waals surface area contributed by atoms with Crippen LogP contribution in [0.4, 0.5) is 11.5 Å². The van der Waals surface area contributed by atoms with Crippen molar-refractivity contribution in [1.29, 1.82) is 0 Å². The molecule has 3 rings (SSSR count). The molecule has 1 aromatic heterocycles. The van der Waals surface area contributed by atoms with Gasteiger partial charge in [0.2, 0.25) is 0 Å². The molecule has 1 saturated carbocycles. The van der Waals surface area contributed by atoms with Crippen molar-refractivity contribution in [3.63, 3.8) is 0 Å². The van der Waals surface area contributed by atoms with Crippen molar-refractivity contribution in [2.75, 3.05) is 5.32 Å². The Balaban J connectivity index is 1.68. The number of amides is 1. The van der Waals surface area contributed by atoms with Crippen LogP contribution in [0.1, 0.15) is 28.9 Å². The van der Waals surface area contributed by atoms with Gasteiger partial charge in [-0.3, -0.25) is 4.79 Å². The number of hydrogen-bond donors (Lipinski definition) is 2. The molecule has 1 fully saturated rings. The summed E-state index contributed by atoms with van der Waals surface area (Å²) in [5.74, 6) is 0.396. The van der Waals surface area contributed by atoms with Crippen LogP contribution in [0.3, 0.4) is 0 Å². The maximum Gasteiger partial charge on any atom is 0.271 e. The zero-order chi connectivity index (χ0) is 14.8. The summed E-state index contributed by atoms with van der Waals surface area (Å²) in [6.45, 7) is 1.94. The van der Waals surface area contributed by atoms with Crippen molar-refractivity contribution in [1.82, 2.24) is 15.3 Å². The zero-order valence-electron chi connectivity index (χ0n) is 11.6. The molecule has 0 unspecified atom stereocenters. The van der Waals surface area contributed by atoms with E-state index in [1.807, 2.05) is 25.1 Å². The molecule has 108 valence electrons. The first kappa shape index (κ1) is 13.8. The van der Waals surface area contributed by atoms with Gasteiger partial charge in [-0.1, -0.05) is 17.7 Å². The molecule has 0 spiro atoms. The molecular weight excluding hydrogens is 288 g/mol. The van der Waals surface area contributed by atoms with Crippen molar-refractivity contribution in [2.24, 2.45) is 0 Å². The van der Waals surface area contributed by atoms with E-state index < -0.39 is 0 Å². The Labute approximate surface area is 127 Å². The third kappa shape index (κ3) is 3.49. The molecule has 0 radical (unpaired) electrons. The fourth-order valence-electron chi connectivity index (χ4n) is 1.82. The molecular formula is C15H15ClN4O. The Kier molecular flexibility index (Phi) is 3.75. The topological polar surface area (TPSA) is 66.9 Å². The van der Waals surface area contributed by atoms with E-state index in [4.69, 9.17) is 11.6 Å². The number of nitrogens with one attached hydrogen (secondary N) is 2. The SMILES string of the molecule is Cc1ccc(Nc2cnc(C(=O)NC3CC3)cn2)cc1Cl. The maximum atomic E-state index is 11.8. The highest BCUT2D eigenvalue weighted by Crippen LogP contribution is 2.22. The summed E-state index contributed by atoms with van der Waals surface area (Å²) in [5, 5.41) is 6.66. The zero-order valence-corrected chi connectivity index (χ0v) is 12.3. The number of nitrogens with zero attached hydrogens (tertiary/aromatic N) is 2. The smallest absolute Gasteiger partial charge is 0.271 e. The van der Waals surface area contributed by atoms with E-state index >= 15 is 0 Å². The quantitative estimate of drug-likeness (QED) is 0.911. The van der Waals surface area contributed by atoms with Crippen LogP contribution >= 0.6 is 11.6 Å². The Hall–Kier alpha value is -2.14. The number of aryl methyl sites for hydroxylation is 1. The van der Waals surface area contributed by atoms with Crippen LogP contribution in [-0.2, 0) is 0 Å². The average Bonchev–Trinajstić information content (AvgIpc) is 3.28. The van der Waals surface area contributed by atoms with Crippen LogP contribution in [0.2, 0.25) is 5.02 Å². The standard InChI is InChI=1S/C15H15ClN4O/c1-9-2-3-11(6-12(9)16)19-14-8-17-13(7-18-14)15(21)20-10-4-5-10/h2-3,6-8,10H,4-5H2,1H3,(H,18,19)(H,20,21). The number of rotatable bonds is 4. The predicted octanol–water partition coefficient (Wildman–Crippen LogP) is 3.07. The lowest BCUT2D eigenvalue weighted by atomic mass is 10.2. The number of hydrogen-bond acceptors (Lipinski definition) is 4. The predicted molar refractivity (Wildman–Crippen MR) is 82.0 cm³/mol. The molecule has 1 aliphatic carbocycles. The molecule has 0 atom stereocenters. The number of carbonyl (C=O) groups is 1. The Morgan fingerprint density at radius 3 is 2.71 bits per heavy atom. The van der Waals surface area contributed by atoms with Gasteiger partial charge >= 0.3 is 0 Å². The lowest BCUT2D eigenvalue weighted by molar-refractivity contribution is 0.0945. The Morgan fingerprint density at radius 2 is 2.10 bits per heavy atom. The van der Waals surface area contributed by atoms with Crippen LogP contribution in [0.15, 0.2) is 30.6 Å². The van der Waals surface area contributed by atoms with Crippen molar-refractivity contribution < 1.29 is 4.79 Å². The number of aromatic nitrogens is 2. The first-order chi connectivity index (χ1) is 10.1. The summed E-state index contributed by atoms with van der Waals surface area (Å²) in [7, 11) is 0. The van der Waals surface area contributed by atoms with Crippen molar-refractivity contribution in [3.05, 3.63) is 46.9 Å². The molecule has 0 aliphatic heterocycles. The second-order valence-corrected chi connectivity index (χ2v) is 5.53. The minimum atomic E-state index is -0.171. The Bertz CT molecular complexity index is 668. The summed E-state index contributed by atoms with van der Waals surface area (Å²) < 4.78 is 0. The minimum absolute atomic E-state index is 0.171. The highest BCUT2D eigenvalue weighted by Gasteiger charge is 2.24. The second kappa shape index (κ2) is 5.69. The normalized spacial score (nSPS) is 13.8. The third-order valence-corrected chi connectivity index (χ3v) is 3.65. The van der Waals surface area contributed by atoms with Gasteiger partial charge in [-0.25, -0.2) is 9.97 Å². The fourth-order valence-corrected chi connectivity index (χ4v) is 2.00. The van der Waals surface area contributed by atoms with Gasteiger partial charge in [0.1, 0.15) is 11.5 Å². The van der Waals surface area contributed by atoms with Crippen molar-refractivity contribution >= 4 is 29.0 Å². The lowest BCUT2D eigenvalue weighted by Crippen LogP contribution is -2.26. The van der Waals surface area contributed by atoms with Gasteiger partial charge in [-0.15, -0.1) is 0 Å². The van der Waals surface area contributed by atoms with E-state index in [0.29, 0.717) is 22.6 Å². The largest absolute Gasteiger partial charge is 0.348 e. The molecule has 21 heavy (non-hydrogen) atoms. The molecule has 1 amide bonds. The summed E-state index contributed by atoms with van der Waals surface area (Å²) in [6, 6.07) is 5.98. The molecule has 6 heteroatoms. The number of halogens is 1. The summed E-state index contributed by atoms with van der Waals surface area (Å²) in [6.07, 6.45) is 5.10. The molecule has 1 aliphatic rings. The Morgan fingerprint density at radius 1 is 1.29 bits per heavy atom. The second-order valence-electron chi connectivity index (χ2n) is 5.12. The van der Waals surface area contributed by atoms with E-state index in [1.54, 1.807) is 0 Å². The van der Waals surface area contributed by atoms with E-state index in [0.717, 1.165) is 24.1 Å². The summed E-state index contributed by atoms with van der Waals surface area (Å²) >= 11 is 6.07. The van der Waals surface area contributed by atoms with Crippen LogP contribution in [0.5, 0.6) is 0 Å².